The number of hydrogen-bond donors (Lipinski definition) is 2. The topological polar surface area (TPSA) is 89.8 Å². The van der Waals surface area contributed by atoms with E-state index in [1.165, 1.54) is 0 Å². The van der Waals surface area contributed by atoms with Crippen molar-refractivity contribution in [3.63, 3.8) is 0 Å². The highest BCUT2D eigenvalue weighted by molar-refractivity contribution is 6.01. The van der Waals surface area contributed by atoms with Crippen molar-refractivity contribution in [2.75, 3.05) is 0 Å². The first kappa shape index (κ1) is 20.8. The van der Waals surface area contributed by atoms with Gasteiger partial charge in [-0.05, 0) is 64.1 Å². The summed E-state index contributed by atoms with van der Waals surface area (Å²) < 4.78 is 0. The fraction of sp³-hybridized carbons (Fsp3) is 0.0741. The summed E-state index contributed by atoms with van der Waals surface area (Å²) >= 11 is 0. The highest BCUT2D eigenvalue weighted by atomic mass is 16.4. The molecule has 1 aromatic heterocycles. The van der Waals surface area contributed by atoms with Crippen LogP contribution in [0.15, 0.2) is 79.0 Å². The van der Waals surface area contributed by atoms with Gasteiger partial charge in [0.25, 0.3) is 0 Å². The highest BCUT2D eigenvalue weighted by Gasteiger charge is 2.16. The number of nitriles is 1. The molecule has 0 aliphatic heterocycles. The van der Waals surface area contributed by atoms with Gasteiger partial charge in [-0.2, -0.15) is 10.4 Å². The number of rotatable bonds is 6. The van der Waals surface area contributed by atoms with Crippen molar-refractivity contribution >= 4 is 34.1 Å². The Balaban J connectivity index is 1.95. The first-order valence-electron chi connectivity index (χ1n) is 10.3. The largest absolute Gasteiger partial charge is 0.478 e. The molecule has 0 unspecified atom stereocenters. The van der Waals surface area contributed by atoms with Gasteiger partial charge < -0.3 is 5.11 Å². The molecule has 0 fully saturated rings. The molecule has 0 spiro atoms. The minimum Gasteiger partial charge on any atom is -0.478 e. The van der Waals surface area contributed by atoms with Gasteiger partial charge in [0.05, 0.1) is 23.3 Å². The summed E-state index contributed by atoms with van der Waals surface area (Å²) in [6.45, 7) is 2.09. The number of nitrogens with zero attached hydrogens (tertiary/aromatic N) is 2. The lowest BCUT2D eigenvalue weighted by atomic mass is 9.86. The average Bonchev–Trinajstić information content (AvgIpc) is 3.29. The summed E-state index contributed by atoms with van der Waals surface area (Å²) in [5, 5.41) is 26.7. The minimum absolute atomic E-state index is 0.632. The minimum atomic E-state index is -0.982. The fourth-order valence-electron chi connectivity index (χ4n) is 3.89. The summed E-state index contributed by atoms with van der Waals surface area (Å²) in [4.78, 5) is 10.8. The summed E-state index contributed by atoms with van der Waals surface area (Å²) in [6, 6.07) is 23.9. The van der Waals surface area contributed by atoms with Gasteiger partial charge in [0.1, 0.15) is 0 Å². The number of carbonyl (C=O) groups is 1. The Hall–Kier alpha value is -4.43. The van der Waals surface area contributed by atoms with Gasteiger partial charge in [0.15, 0.2) is 0 Å². The van der Waals surface area contributed by atoms with E-state index < -0.39 is 5.97 Å². The van der Waals surface area contributed by atoms with Crippen molar-refractivity contribution < 1.29 is 9.90 Å². The van der Waals surface area contributed by atoms with E-state index >= 15 is 0 Å². The van der Waals surface area contributed by atoms with Crippen LogP contribution in [0.25, 0.3) is 28.1 Å². The molecule has 5 nitrogen and oxygen atoms in total. The van der Waals surface area contributed by atoms with E-state index in [-0.39, 0.29) is 0 Å². The van der Waals surface area contributed by atoms with Crippen LogP contribution in [0, 0.1) is 11.3 Å². The molecule has 32 heavy (non-hydrogen) atoms. The van der Waals surface area contributed by atoms with E-state index in [2.05, 4.69) is 35.3 Å². The number of hydrogen-bond acceptors (Lipinski definition) is 3. The summed E-state index contributed by atoms with van der Waals surface area (Å²) in [6.07, 6.45) is 5.22. The normalized spacial score (nSPS) is 12.0. The predicted molar refractivity (Wildman–Crippen MR) is 127 cm³/mol. The van der Waals surface area contributed by atoms with E-state index in [4.69, 9.17) is 5.11 Å². The van der Waals surface area contributed by atoms with Crippen molar-refractivity contribution in [3.05, 3.63) is 107 Å². The molecule has 0 bridgehead atoms. The summed E-state index contributed by atoms with van der Waals surface area (Å²) in [7, 11) is 0. The van der Waals surface area contributed by atoms with Gasteiger partial charge >= 0.3 is 5.97 Å². The van der Waals surface area contributed by atoms with Crippen LogP contribution < -0.4 is 0 Å². The quantitative estimate of drug-likeness (QED) is 0.301. The summed E-state index contributed by atoms with van der Waals surface area (Å²) in [5.41, 5.74) is 7.42. The first-order chi connectivity index (χ1) is 15.6. The molecule has 0 radical (unpaired) electrons. The number of H-pyrrole nitrogens is 1. The van der Waals surface area contributed by atoms with Gasteiger partial charge in [-0.25, -0.2) is 4.79 Å². The van der Waals surface area contributed by atoms with Crippen molar-refractivity contribution in [3.8, 4) is 6.07 Å². The number of aromatic amines is 1. The maximum Gasteiger partial charge on any atom is 0.328 e. The molecule has 0 saturated heterocycles. The van der Waals surface area contributed by atoms with Crippen LogP contribution in [0.1, 0.15) is 41.2 Å². The Labute approximate surface area is 186 Å². The first-order valence-corrected chi connectivity index (χ1v) is 10.3. The molecule has 4 aromatic rings. The molecule has 0 atom stereocenters. The molecule has 0 aliphatic rings. The zero-order valence-corrected chi connectivity index (χ0v) is 17.5. The van der Waals surface area contributed by atoms with Crippen molar-refractivity contribution in [1.82, 2.24) is 10.2 Å². The number of fused-ring (bicyclic) bond motifs is 1. The van der Waals surface area contributed by atoms with Crippen LogP contribution in [0.5, 0.6) is 0 Å². The molecule has 2 N–H and O–H groups in total. The molecule has 0 amide bonds. The average molecular weight is 419 g/mol. The Bertz CT molecular complexity index is 1390. The van der Waals surface area contributed by atoms with E-state index in [0.717, 1.165) is 56.8 Å². The molecule has 0 aliphatic carbocycles. The maximum atomic E-state index is 10.8. The van der Waals surface area contributed by atoms with E-state index in [0.29, 0.717) is 5.56 Å². The van der Waals surface area contributed by atoms with Crippen LogP contribution in [-0.4, -0.2) is 21.3 Å². The second kappa shape index (κ2) is 9.15. The van der Waals surface area contributed by atoms with E-state index in [1.807, 2.05) is 54.6 Å². The lowest BCUT2D eigenvalue weighted by molar-refractivity contribution is -0.131. The van der Waals surface area contributed by atoms with Crippen LogP contribution in [0.4, 0.5) is 0 Å². The van der Waals surface area contributed by atoms with Crippen LogP contribution >= 0.6 is 0 Å². The molecular weight excluding hydrogens is 398 g/mol. The van der Waals surface area contributed by atoms with Gasteiger partial charge in [-0.3, -0.25) is 5.10 Å². The van der Waals surface area contributed by atoms with Gasteiger partial charge in [-0.1, -0.05) is 55.5 Å². The summed E-state index contributed by atoms with van der Waals surface area (Å²) in [5.74, 6) is -0.982. The van der Waals surface area contributed by atoms with Gasteiger partial charge in [0.2, 0.25) is 0 Å². The van der Waals surface area contributed by atoms with Crippen LogP contribution in [0.2, 0.25) is 0 Å². The molecule has 156 valence electrons. The number of aliphatic carboxylic acids is 1. The second-order valence-corrected chi connectivity index (χ2v) is 7.33. The Morgan fingerprint density at radius 1 is 1.09 bits per heavy atom. The van der Waals surface area contributed by atoms with Crippen molar-refractivity contribution in [1.29, 1.82) is 5.26 Å². The van der Waals surface area contributed by atoms with E-state index in [1.54, 1.807) is 12.3 Å². The third kappa shape index (κ3) is 4.21. The number of benzene rings is 3. The lowest BCUT2D eigenvalue weighted by Gasteiger charge is -2.17. The second-order valence-electron chi connectivity index (χ2n) is 7.33. The highest BCUT2D eigenvalue weighted by Crippen LogP contribution is 2.36. The Morgan fingerprint density at radius 3 is 2.56 bits per heavy atom. The van der Waals surface area contributed by atoms with Crippen molar-refractivity contribution in [2.24, 2.45) is 0 Å². The maximum absolute atomic E-state index is 10.8. The zero-order valence-electron chi connectivity index (χ0n) is 17.5. The molecule has 0 saturated carbocycles. The third-order valence-corrected chi connectivity index (χ3v) is 5.37. The lowest BCUT2D eigenvalue weighted by Crippen LogP contribution is -1.97. The smallest absolute Gasteiger partial charge is 0.328 e. The SMILES string of the molecule is CC/C(=C(\c1ccc(/C=C/C(=O)O)cc1)c1ccc2[nH]ncc2c1)c1ccccc1C#N. The van der Waals surface area contributed by atoms with E-state index in [9.17, 15) is 10.1 Å². The molecule has 4 rings (SSSR count). The predicted octanol–water partition coefficient (Wildman–Crippen LogP) is 5.90. The number of nitrogens with one attached hydrogen (secondary N) is 1. The standard InChI is InChI=1S/C27H21N3O2/c1-2-23(24-6-4-3-5-21(24)16-28)27(20-12-13-25-22(15-20)17-29-30-25)19-10-7-18(8-11-19)9-14-26(31)32/h3-15,17H,2H2,1H3,(H,29,30)(H,31,32)/b14-9+,27-23-. The van der Waals surface area contributed by atoms with Gasteiger partial charge in [-0.15, -0.1) is 0 Å². The third-order valence-electron chi connectivity index (χ3n) is 5.37. The molecular formula is C27H21N3O2. The van der Waals surface area contributed by atoms with Crippen molar-refractivity contribution in [2.45, 2.75) is 13.3 Å². The Morgan fingerprint density at radius 2 is 1.84 bits per heavy atom. The monoisotopic (exact) mass is 419 g/mol. The zero-order chi connectivity index (χ0) is 22.5. The fourth-order valence-corrected chi connectivity index (χ4v) is 3.89. The Kier molecular flexibility index (Phi) is 5.96. The number of allylic oxidation sites excluding steroid dienone is 1. The van der Waals surface area contributed by atoms with Crippen LogP contribution in [0.3, 0.4) is 0 Å². The number of carboxylic acids is 1. The molecule has 5 heteroatoms. The van der Waals surface area contributed by atoms with Gasteiger partial charge in [0, 0.05) is 11.5 Å². The molecule has 1 heterocycles. The molecule has 3 aromatic carbocycles. The number of aromatic nitrogens is 2. The number of carboxylic acid groups (broad SMARTS) is 1. The van der Waals surface area contributed by atoms with Crippen LogP contribution in [-0.2, 0) is 4.79 Å².